The molecule has 0 aromatic carbocycles. The first-order valence-corrected chi connectivity index (χ1v) is 3.67. The molecule has 0 amide bonds. The lowest BCUT2D eigenvalue weighted by Crippen LogP contribution is -1.91. The fourth-order valence-corrected chi connectivity index (χ4v) is 1.62. The molecule has 0 aromatic rings. The van der Waals surface area contributed by atoms with Gasteiger partial charge in [-0.05, 0) is 6.92 Å². The number of rotatable bonds is 0. The molecule has 0 N–H and O–H groups in total. The van der Waals surface area contributed by atoms with Gasteiger partial charge < -0.3 is 0 Å². The van der Waals surface area contributed by atoms with Crippen molar-refractivity contribution >= 4 is 11.8 Å². The second-order valence-corrected chi connectivity index (χ2v) is 3.15. The van der Waals surface area contributed by atoms with E-state index in [1.165, 1.54) is 0 Å². The Balaban J connectivity index is 2.66. The Hall–Kier alpha value is -0.350. The summed E-state index contributed by atoms with van der Waals surface area (Å²) < 4.78 is 0. The number of thioether (sulfide) groups is 1. The molecule has 1 heteroatoms. The van der Waals surface area contributed by atoms with E-state index in [2.05, 4.69) is 18.9 Å². The first-order valence-electron chi connectivity index (χ1n) is 2.63. The molecule has 1 atom stereocenters. The van der Waals surface area contributed by atoms with Gasteiger partial charge in [0.15, 0.2) is 0 Å². The molecule has 0 radical (unpaired) electrons. The summed E-state index contributed by atoms with van der Waals surface area (Å²) in [6, 6.07) is 0. The predicted molar refractivity (Wildman–Crippen MR) is 38.8 cm³/mol. The zero-order valence-corrected chi connectivity index (χ0v) is 5.66. The summed E-state index contributed by atoms with van der Waals surface area (Å²) in [5, 5.41) is 0.569. The highest BCUT2D eigenvalue weighted by atomic mass is 32.2. The van der Waals surface area contributed by atoms with Crippen LogP contribution in [0.1, 0.15) is 6.92 Å². The fourth-order valence-electron chi connectivity index (χ4n) is 0.714. The van der Waals surface area contributed by atoms with Crippen molar-refractivity contribution in [2.45, 2.75) is 12.2 Å². The molecular formula is C7H8S. The number of terminal acetylenes is 1. The molecule has 1 heterocycles. The normalized spacial score (nSPS) is 27.0. The van der Waals surface area contributed by atoms with Gasteiger partial charge in [0, 0.05) is 16.6 Å². The Morgan fingerprint density at radius 3 is 3.00 bits per heavy atom. The van der Waals surface area contributed by atoms with Crippen LogP contribution in [0.3, 0.4) is 0 Å². The molecule has 0 saturated heterocycles. The Morgan fingerprint density at radius 1 is 2.00 bits per heavy atom. The van der Waals surface area contributed by atoms with Gasteiger partial charge in [-0.1, -0.05) is 12.0 Å². The minimum absolute atomic E-state index is 0.569. The first kappa shape index (κ1) is 5.78. The molecule has 1 aliphatic heterocycles. The summed E-state index contributed by atoms with van der Waals surface area (Å²) in [6.45, 7) is 2.14. The van der Waals surface area contributed by atoms with Gasteiger partial charge >= 0.3 is 0 Å². The molecule has 0 aliphatic carbocycles. The van der Waals surface area contributed by atoms with Gasteiger partial charge in [0.2, 0.25) is 0 Å². The predicted octanol–water partition coefficient (Wildman–Crippen LogP) is 1.68. The summed E-state index contributed by atoms with van der Waals surface area (Å²) in [5.74, 6) is 3.75. The van der Waals surface area contributed by atoms with Gasteiger partial charge in [0.05, 0.1) is 0 Å². The monoisotopic (exact) mass is 124 g/mol. The van der Waals surface area contributed by atoms with Crippen molar-refractivity contribution < 1.29 is 0 Å². The van der Waals surface area contributed by atoms with E-state index in [0.29, 0.717) is 5.25 Å². The van der Waals surface area contributed by atoms with E-state index in [4.69, 9.17) is 6.42 Å². The van der Waals surface area contributed by atoms with E-state index >= 15 is 0 Å². The summed E-state index contributed by atoms with van der Waals surface area (Å²) in [7, 11) is 0. The number of hydrogen-bond donors (Lipinski definition) is 0. The van der Waals surface area contributed by atoms with Crippen LogP contribution in [-0.2, 0) is 0 Å². The quantitative estimate of drug-likeness (QED) is 0.443. The van der Waals surface area contributed by atoms with Crippen molar-refractivity contribution in [2.24, 2.45) is 0 Å². The number of hydrogen-bond acceptors (Lipinski definition) is 1. The van der Waals surface area contributed by atoms with Gasteiger partial charge in [-0.25, -0.2) is 0 Å². The van der Waals surface area contributed by atoms with E-state index in [9.17, 15) is 0 Å². The summed E-state index contributed by atoms with van der Waals surface area (Å²) in [6.07, 6.45) is 7.31. The van der Waals surface area contributed by atoms with Crippen molar-refractivity contribution in [3.63, 3.8) is 0 Å². The van der Waals surface area contributed by atoms with Gasteiger partial charge in [0.25, 0.3) is 0 Å². The van der Waals surface area contributed by atoms with Crippen LogP contribution in [0.2, 0.25) is 0 Å². The lowest BCUT2D eigenvalue weighted by Gasteiger charge is -1.97. The third kappa shape index (κ3) is 0.900. The van der Waals surface area contributed by atoms with Crippen LogP contribution in [-0.4, -0.2) is 11.0 Å². The molecule has 0 bridgehead atoms. The minimum atomic E-state index is 0.569. The molecule has 42 valence electrons. The molecule has 0 spiro atoms. The van der Waals surface area contributed by atoms with E-state index in [-0.39, 0.29) is 0 Å². The van der Waals surface area contributed by atoms with Gasteiger partial charge in [-0.3, -0.25) is 0 Å². The van der Waals surface area contributed by atoms with E-state index in [0.717, 1.165) is 11.3 Å². The lowest BCUT2D eigenvalue weighted by atomic mass is 10.2. The zero-order chi connectivity index (χ0) is 5.98. The largest absolute Gasteiger partial charge is 0.149 e. The smallest absolute Gasteiger partial charge is 0.0348 e. The highest BCUT2D eigenvalue weighted by Crippen LogP contribution is 2.24. The van der Waals surface area contributed by atoms with Crippen LogP contribution < -0.4 is 0 Å². The van der Waals surface area contributed by atoms with Crippen molar-refractivity contribution in [1.82, 2.24) is 0 Å². The molecule has 1 unspecified atom stereocenters. The molecular weight excluding hydrogens is 116 g/mol. The maximum atomic E-state index is 5.19. The van der Waals surface area contributed by atoms with E-state index in [1.54, 1.807) is 0 Å². The van der Waals surface area contributed by atoms with Crippen LogP contribution in [0.25, 0.3) is 0 Å². The molecule has 1 aliphatic rings. The molecule has 0 aromatic heterocycles. The maximum absolute atomic E-state index is 5.19. The summed E-state index contributed by atoms with van der Waals surface area (Å²) in [4.78, 5) is 0. The van der Waals surface area contributed by atoms with Gasteiger partial charge in [-0.15, -0.1) is 18.2 Å². The van der Waals surface area contributed by atoms with Crippen LogP contribution >= 0.6 is 11.8 Å². The minimum Gasteiger partial charge on any atom is -0.149 e. The van der Waals surface area contributed by atoms with Gasteiger partial charge in [0.1, 0.15) is 0 Å². The molecule has 0 saturated carbocycles. The van der Waals surface area contributed by atoms with Crippen molar-refractivity contribution in [2.75, 3.05) is 5.75 Å². The third-order valence-electron chi connectivity index (χ3n) is 1.25. The summed E-state index contributed by atoms with van der Waals surface area (Å²) >= 11 is 1.89. The zero-order valence-electron chi connectivity index (χ0n) is 4.85. The van der Waals surface area contributed by atoms with Crippen molar-refractivity contribution in [3.8, 4) is 12.3 Å². The van der Waals surface area contributed by atoms with Crippen molar-refractivity contribution in [3.05, 3.63) is 11.6 Å². The Kier molecular flexibility index (Phi) is 1.65. The second kappa shape index (κ2) is 2.28. The molecule has 8 heavy (non-hydrogen) atoms. The Morgan fingerprint density at radius 2 is 2.75 bits per heavy atom. The van der Waals surface area contributed by atoms with Gasteiger partial charge in [-0.2, -0.15) is 0 Å². The Labute approximate surface area is 54.4 Å². The molecule has 0 fully saturated rings. The fraction of sp³-hybridized carbons (Fsp3) is 0.429. The average Bonchev–Trinajstić information content (AvgIpc) is 2.14. The maximum Gasteiger partial charge on any atom is 0.0348 e. The topological polar surface area (TPSA) is 0 Å². The van der Waals surface area contributed by atoms with Crippen LogP contribution in [0.5, 0.6) is 0 Å². The average molecular weight is 124 g/mol. The highest BCUT2D eigenvalue weighted by Gasteiger charge is 2.10. The van der Waals surface area contributed by atoms with E-state index in [1.807, 2.05) is 11.8 Å². The third-order valence-corrected chi connectivity index (χ3v) is 2.37. The van der Waals surface area contributed by atoms with Crippen LogP contribution in [0.4, 0.5) is 0 Å². The first-order chi connectivity index (χ1) is 3.84. The van der Waals surface area contributed by atoms with Crippen molar-refractivity contribution in [1.29, 1.82) is 0 Å². The van der Waals surface area contributed by atoms with E-state index < -0.39 is 0 Å². The highest BCUT2D eigenvalue weighted by molar-refractivity contribution is 8.00. The summed E-state index contributed by atoms with van der Waals surface area (Å²) in [5.41, 5.74) is 1.16. The molecule has 0 nitrogen and oxygen atoms in total. The Bertz CT molecular complexity index is 150. The second-order valence-electron chi connectivity index (χ2n) is 1.78. The standard InChI is InChI=1S/C7H8S/c1-3-7-4-5-8-6(7)2/h1,4,6H,5H2,2H3. The molecule has 1 rings (SSSR count). The van der Waals surface area contributed by atoms with Crippen LogP contribution in [0, 0.1) is 12.3 Å². The lowest BCUT2D eigenvalue weighted by molar-refractivity contribution is 1.21. The SMILES string of the molecule is C#CC1=CCSC1C. The van der Waals surface area contributed by atoms with Crippen LogP contribution in [0.15, 0.2) is 11.6 Å².